The Kier molecular flexibility index (Phi) is 12.9. The van der Waals surface area contributed by atoms with Gasteiger partial charge in [-0.2, -0.15) is 10.2 Å². The molecule has 7 heterocycles. The molecule has 9 rings (SSSR count). The van der Waals surface area contributed by atoms with Gasteiger partial charge in [0.2, 0.25) is 11.8 Å². The summed E-state index contributed by atoms with van der Waals surface area (Å²) in [6, 6.07) is 10.6. The third kappa shape index (κ3) is 8.65. The number of ether oxygens (including phenoxy) is 3. The second-order valence-corrected chi connectivity index (χ2v) is 17.1. The van der Waals surface area contributed by atoms with Crippen LogP contribution in [0.15, 0.2) is 48.6 Å². The van der Waals surface area contributed by atoms with Crippen LogP contribution in [0.3, 0.4) is 0 Å². The number of carbonyl (C=O) groups is 2. The van der Waals surface area contributed by atoms with Gasteiger partial charge in [-0.1, -0.05) is 35.4 Å². The van der Waals surface area contributed by atoms with E-state index in [0.29, 0.717) is 119 Å². The fourth-order valence-corrected chi connectivity index (χ4v) is 9.50. The van der Waals surface area contributed by atoms with E-state index in [4.69, 9.17) is 68.8 Å². The molecular formula is C47H51Cl2N13O5. The summed E-state index contributed by atoms with van der Waals surface area (Å²) in [5.74, 6) is 0.525. The van der Waals surface area contributed by atoms with Crippen molar-refractivity contribution >= 4 is 78.9 Å². The highest BCUT2D eigenvalue weighted by molar-refractivity contribution is 6.37. The molecule has 0 unspecified atom stereocenters. The highest BCUT2D eigenvalue weighted by Crippen LogP contribution is 2.41. The largest absolute Gasteiger partial charge is 0.495 e. The van der Waals surface area contributed by atoms with Crippen molar-refractivity contribution in [3.8, 4) is 34.5 Å². The Hall–Kier alpha value is -6.60. The minimum Gasteiger partial charge on any atom is -0.495 e. The number of halogens is 2. The van der Waals surface area contributed by atoms with E-state index in [-0.39, 0.29) is 21.4 Å². The Morgan fingerprint density at radius 3 is 1.81 bits per heavy atom. The van der Waals surface area contributed by atoms with Gasteiger partial charge in [0.05, 0.1) is 60.1 Å². The summed E-state index contributed by atoms with van der Waals surface area (Å²) < 4.78 is 25.7. The van der Waals surface area contributed by atoms with Gasteiger partial charge in [0.25, 0.3) is 0 Å². The summed E-state index contributed by atoms with van der Waals surface area (Å²) in [5, 5.41) is 12.1. The molecule has 67 heavy (non-hydrogen) atoms. The zero-order valence-corrected chi connectivity index (χ0v) is 39.5. The molecular weight excluding hydrogens is 898 g/mol. The normalized spacial score (nSPS) is 13.6. The van der Waals surface area contributed by atoms with Crippen LogP contribution in [-0.2, 0) is 30.9 Å². The summed E-state index contributed by atoms with van der Waals surface area (Å²) in [7, 11) is 1.54. The Bertz CT molecular complexity index is 3250. The van der Waals surface area contributed by atoms with Gasteiger partial charge in [-0.25, -0.2) is 19.9 Å². The Labute approximate surface area is 395 Å². The lowest BCUT2D eigenvalue weighted by atomic mass is 10.1. The Morgan fingerprint density at radius 2 is 1.27 bits per heavy atom. The monoisotopic (exact) mass is 947 g/mol. The highest BCUT2D eigenvalue weighted by atomic mass is 35.5. The summed E-state index contributed by atoms with van der Waals surface area (Å²) >= 11 is 14.2. The number of carbonyl (C=O) groups excluding carboxylic acids is 2. The second-order valence-electron chi connectivity index (χ2n) is 16.4. The number of rotatable bonds is 17. The van der Waals surface area contributed by atoms with Crippen LogP contribution in [0.1, 0.15) is 58.8 Å². The molecule has 0 aliphatic carbocycles. The van der Waals surface area contributed by atoms with Crippen molar-refractivity contribution in [1.82, 2.24) is 53.5 Å². The van der Waals surface area contributed by atoms with Crippen LogP contribution in [0.5, 0.6) is 11.5 Å². The van der Waals surface area contributed by atoms with Crippen LogP contribution >= 0.6 is 23.2 Å². The van der Waals surface area contributed by atoms with E-state index in [1.165, 1.54) is 7.11 Å². The van der Waals surface area contributed by atoms with E-state index in [2.05, 4.69) is 25.7 Å². The number of aryl methyl sites for hydroxylation is 5. The van der Waals surface area contributed by atoms with Gasteiger partial charge in [0.15, 0.2) is 11.6 Å². The number of allylic oxidation sites excluding steroid dienone is 2. The molecule has 0 atom stereocenters. The van der Waals surface area contributed by atoms with Gasteiger partial charge in [-0.15, -0.1) is 0 Å². The molecule has 0 spiro atoms. The van der Waals surface area contributed by atoms with Crippen molar-refractivity contribution in [3.63, 3.8) is 0 Å². The van der Waals surface area contributed by atoms with Gasteiger partial charge in [0, 0.05) is 67.7 Å². The molecule has 0 radical (unpaired) electrons. The smallest absolute Gasteiger partial charge is 0.248 e. The van der Waals surface area contributed by atoms with E-state index >= 15 is 0 Å². The molecule has 1 aliphatic rings. The number of hydrogen-bond donors (Lipinski definition) is 2. The molecule has 4 N–H and O–H groups in total. The molecule has 20 heteroatoms. The lowest BCUT2D eigenvalue weighted by Gasteiger charge is -2.26. The quantitative estimate of drug-likeness (QED) is 0.0530. The molecule has 8 aromatic rings. The number of morpholine rings is 1. The number of nitrogens with zero attached hydrogens (tertiary/aromatic N) is 11. The fourth-order valence-electron chi connectivity index (χ4n) is 8.97. The van der Waals surface area contributed by atoms with Gasteiger partial charge in [-0.05, 0) is 76.9 Å². The maximum Gasteiger partial charge on any atom is 0.248 e. The number of fused-ring (bicyclic) bond motifs is 6. The first kappa shape index (κ1) is 45.6. The third-order valence-electron chi connectivity index (χ3n) is 12.0. The van der Waals surface area contributed by atoms with E-state index in [1.807, 2.05) is 59.8 Å². The van der Waals surface area contributed by atoms with Crippen LogP contribution in [0.2, 0.25) is 10.3 Å². The van der Waals surface area contributed by atoms with Crippen molar-refractivity contribution in [1.29, 1.82) is 0 Å². The Morgan fingerprint density at radius 1 is 0.731 bits per heavy atom. The first-order chi connectivity index (χ1) is 32.4. The fraction of sp³-hybridized carbons (Fsp3) is 0.362. The molecule has 0 bridgehead atoms. The lowest BCUT2D eigenvalue weighted by Crippen LogP contribution is -2.37. The van der Waals surface area contributed by atoms with E-state index in [0.717, 1.165) is 48.8 Å². The molecule has 1 fully saturated rings. The minimum atomic E-state index is -0.612. The molecule has 2 amide bonds. The maximum absolute atomic E-state index is 12.8. The van der Waals surface area contributed by atoms with Gasteiger partial charge in [0.1, 0.15) is 44.5 Å². The number of primary amides is 2. The summed E-state index contributed by atoms with van der Waals surface area (Å²) in [4.78, 5) is 47.4. The van der Waals surface area contributed by atoms with Crippen molar-refractivity contribution in [2.75, 3.05) is 46.6 Å². The summed E-state index contributed by atoms with van der Waals surface area (Å²) in [5.41, 5.74) is 17.8. The van der Waals surface area contributed by atoms with Crippen LogP contribution in [0.4, 0.5) is 0 Å². The predicted molar refractivity (Wildman–Crippen MR) is 258 cm³/mol. The third-order valence-corrected chi connectivity index (χ3v) is 12.6. The lowest BCUT2D eigenvalue weighted by molar-refractivity contribution is 0.0358. The summed E-state index contributed by atoms with van der Waals surface area (Å²) in [6.07, 6.45) is 5.40. The van der Waals surface area contributed by atoms with Crippen molar-refractivity contribution < 1.29 is 23.8 Å². The van der Waals surface area contributed by atoms with E-state index < -0.39 is 11.8 Å². The van der Waals surface area contributed by atoms with Crippen molar-refractivity contribution in [3.05, 3.63) is 81.4 Å². The topological polar surface area (TPSA) is 214 Å². The minimum absolute atomic E-state index is 0.208. The first-order valence-corrected chi connectivity index (χ1v) is 23.0. The number of methoxy groups -OCH3 is 1. The first-order valence-electron chi connectivity index (χ1n) is 22.3. The van der Waals surface area contributed by atoms with E-state index in [9.17, 15) is 9.59 Å². The zero-order chi connectivity index (χ0) is 47.1. The zero-order valence-electron chi connectivity index (χ0n) is 38.0. The Balaban J connectivity index is 1.12. The number of aromatic nitrogens is 10. The van der Waals surface area contributed by atoms with Crippen LogP contribution in [-0.4, -0.2) is 112 Å². The number of benzene rings is 2. The van der Waals surface area contributed by atoms with E-state index in [1.54, 1.807) is 24.3 Å². The van der Waals surface area contributed by atoms with Crippen LogP contribution in [0, 0.1) is 13.8 Å². The molecule has 2 aromatic carbocycles. The predicted octanol–water partition coefficient (Wildman–Crippen LogP) is 7.13. The SMILES string of the molecule is CCn1nc(C)cc1-c1nc(Cl)c2c3cc(C(N)=O)cc(OC)c3n(C/C=C/CCn3c4nc(-c5cc(C)nn5CC)nc(Cl)c4c4cc(C(N)=O)cc(OCCCN5CCOCC5)c43)c2n1. The number of amides is 2. The van der Waals surface area contributed by atoms with Crippen LogP contribution < -0.4 is 20.9 Å². The second kappa shape index (κ2) is 18.9. The van der Waals surface area contributed by atoms with Gasteiger partial charge >= 0.3 is 0 Å². The molecule has 18 nitrogen and oxygen atoms in total. The molecule has 1 saturated heterocycles. The highest BCUT2D eigenvalue weighted by Gasteiger charge is 2.26. The summed E-state index contributed by atoms with van der Waals surface area (Å²) in [6.45, 7) is 14.2. The molecule has 348 valence electrons. The molecule has 6 aromatic heterocycles. The maximum atomic E-state index is 12.8. The van der Waals surface area contributed by atoms with Crippen molar-refractivity contribution in [2.45, 2.75) is 66.7 Å². The van der Waals surface area contributed by atoms with Crippen LogP contribution in [0.25, 0.3) is 66.9 Å². The number of hydrogen-bond acceptors (Lipinski definition) is 12. The average molecular weight is 949 g/mol. The average Bonchev–Trinajstić information content (AvgIpc) is 4.07. The molecule has 1 aliphatic heterocycles. The van der Waals surface area contributed by atoms with Crippen molar-refractivity contribution in [2.24, 2.45) is 11.5 Å². The standard InChI is InChI=1S/C47H51Cl2N13O5/c1-6-61-32(20-26(3)56-61)44-52-40(48)36-30-22-28(42(50)63)24-34(65-5)38(30)59(46(36)54-44)13-9-8-10-14-60-39-31(37-41(49)53-45(55-47(37)60)33-21-27(4)57-62(33)7-2)23-29(43(51)64)25-35(39)67-17-11-12-58-15-18-66-19-16-58/h8-9,20-25H,6-7,10-19H2,1-5H3,(H2,50,63)(H2,51,64)/b9-8+. The van der Waals surface area contributed by atoms with Gasteiger partial charge < -0.3 is 34.8 Å². The number of nitrogens with two attached hydrogens (primary N) is 2. The molecule has 0 saturated carbocycles. The van der Waals surface area contributed by atoms with Gasteiger partial charge in [-0.3, -0.25) is 23.9 Å².